The van der Waals surface area contributed by atoms with Crippen LogP contribution in [0.2, 0.25) is 11.1 Å². The van der Waals surface area contributed by atoms with Crippen LogP contribution in [0.1, 0.15) is 133 Å². The molecule has 3 N–H and O–H groups in total. The number of H-pyrrole nitrogens is 1. The van der Waals surface area contributed by atoms with Crippen LogP contribution in [-0.4, -0.2) is 111 Å². The van der Waals surface area contributed by atoms with E-state index >= 15 is 0 Å². The Bertz CT molecular complexity index is 1680. The van der Waals surface area contributed by atoms with Crippen LogP contribution < -0.4 is 21.9 Å². The zero-order valence-corrected chi connectivity index (χ0v) is 41.7. The Morgan fingerprint density at radius 2 is 1.58 bits per heavy atom. The van der Waals surface area contributed by atoms with E-state index in [0.29, 0.717) is 89.4 Å². The molecular formula is C44H79N6O10PSi. The summed E-state index contributed by atoms with van der Waals surface area (Å²) in [7, 11) is -4.62. The van der Waals surface area contributed by atoms with E-state index < -0.39 is 33.9 Å². The summed E-state index contributed by atoms with van der Waals surface area (Å²) in [5.74, 6) is -0.424. The highest BCUT2D eigenvalue weighted by atomic mass is 31.2. The molecule has 0 bridgehead atoms. The Morgan fingerprint density at radius 1 is 0.984 bits per heavy atom. The average molecular weight is 911 g/mol. The van der Waals surface area contributed by atoms with E-state index in [9.17, 15) is 24.4 Å². The summed E-state index contributed by atoms with van der Waals surface area (Å²) in [6, 6.07) is 2.12. The summed E-state index contributed by atoms with van der Waals surface area (Å²) < 4.78 is 42.8. The molecule has 0 aliphatic heterocycles. The van der Waals surface area contributed by atoms with Crippen LogP contribution in [0.25, 0.3) is 0 Å². The van der Waals surface area contributed by atoms with Gasteiger partial charge in [0.1, 0.15) is 0 Å². The van der Waals surface area contributed by atoms with Crippen LogP contribution in [0.15, 0.2) is 27.9 Å². The summed E-state index contributed by atoms with van der Waals surface area (Å²) in [5, 5.41) is 15.0. The van der Waals surface area contributed by atoms with Gasteiger partial charge in [-0.15, -0.1) is 0 Å². The molecule has 1 saturated carbocycles. The average Bonchev–Trinajstić information content (AvgIpc) is 3.61. The van der Waals surface area contributed by atoms with Crippen molar-refractivity contribution < 1.29 is 37.0 Å². The number of aromatic nitrogens is 2. The molecule has 1 aliphatic carbocycles. The lowest BCUT2D eigenvalue weighted by Crippen LogP contribution is -2.55. The van der Waals surface area contributed by atoms with Gasteiger partial charge in [-0.1, -0.05) is 48.1 Å². The normalized spacial score (nSPS) is 17.6. The molecule has 2 rings (SSSR count). The number of aromatic amines is 1. The number of amides is 2. The van der Waals surface area contributed by atoms with Gasteiger partial charge in [0.25, 0.3) is 14.1 Å². The summed E-state index contributed by atoms with van der Waals surface area (Å²) >= 11 is 0. The van der Waals surface area contributed by atoms with Gasteiger partial charge in [-0.05, 0) is 84.7 Å². The van der Waals surface area contributed by atoms with Crippen LogP contribution >= 0.6 is 8.53 Å². The van der Waals surface area contributed by atoms with Crippen molar-refractivity contribution in [3.05, 3.63) is 44.8 Å². The Hall–Kier alpha value is -2.78. The van der Waals surface area contributed by atoms with Gasteiger partial charge in [-0.2, -0.15) is 5.26 Å². The summed E-state index contributed by atoms with van der Waals surface area (Å²) in [4.78, 5) is 52.7. The first-order valence-corrected chi connectivity index (χ1v) is 25.6. The van der Waals surface area contributed by atoms with Crippen molar-refractivity contribution in [2.45, 2.75) is 169 Å². The Kier molecular flexibility index (Phi) is 24.6. The van der Waals surface area contributed by atoms with Gasteiger partial charge in [0.15, 0.2) is 0 Å². The maximum Gasteiger partial charge on any atom is 0.343 e. The Labute approximate surface area is 373 Å². The topological polar surface area (TPSA) is 195 Å². The second-order valence-corrected chi connectivity index (χ2v) is 23.2. The fourth-order valence-corrected chi connectivity index (χ4v) is 13.8. The van der Waals surface area contributed by atoms with E-state index in [1.165, 1.54) is 0 Å². The lowest BCUT2D eigenvalue weighted by atomic mass is 9.92. The van der Waals surface area contributed by atoms with Crippen molar-refractivity contribution in [3.8, 4) is 6.07 Å². The molecule has 1 heterocycles. The standard InChI is InChI=1S/C44H79N6O10PSi/c1-14-44(15-2,18-17-40(51)46-20-23-55-25-26-56-24-21-47-41(52)31(3)4)60-62(34(9)10,35(11)12)58-30-37-27-38(49-29-36(13)42(53)48-43(49)54)28-39(37)59-61(57-22-16-19-45)50(32(5)6)33(7)8/h29,32-35,37-39H,3,14-18,20-28,30H2,1-2,4-13H3,(H,46,51)(H,47,52)(H,48,53,54)/t37-,38-,39-,61?/m1/s1. The molecule has 354 valence electrons. The van der Waals surface area contributed by atoms with Crippen LogP contribution in [0, 0.1) is 24.2 Å². The number of hydrogen-bond donors (Lipinski definition) is 3. The van der Waals surface area contributed by atoms with E-state index in [0.717, 1.165) is 0 Å². The molecular weight excluding hydrogens is 832 g/mol. The molecule has 4 atom stereocenters. The molecule has 0 radical (unpaired) electrons. The van der Waals surface area contributed by atoms with Gasteiger partial charge < -0.3 is 38.0 Å². The maximum absolute atomic E-state index is 13.2. The largest absolute Gasteiger partial charge is 0.394 e. The predicted molar refractivity (Wildman–Crippen MR) is 246 cm³/mol. The van der Waals surface area contributed by atoms with Crippen LogP contribution in [0.3, 0.4) is 0 Å². The van der Waals surface area contributed by atoms with E-state index in [1.807, 2.05) is 0 Å². The Morgan fingerprint density at radius 3 is 2.11 bits per heavy atom. The van der Waals surface area contributed by atoms with Crippen LogP contribution in [0.5, 0.6) is 0 Å². The van der Waals surface area contributed by atoms with Crippen molar-refractivity contribution >= 4 is 28.9 Å². The zero-order valence-electron chi connectivity index (χ0n) is 39.8. The van der Waals surface area contributed by atoms with Gasteiger partial charge in [-0.3, -0.25) is 23.9 Å². The van der Waals surface area contributed by atoms with E-state index in [-0.39, 0.29) is 72.5 Å². The molecule has 0 aromatic carbocycles. The van der Waals surface area contributed by atoms with Gasteiger partial charge in [0.2, 0.25) is 11.8 Å². The lowest BCUT2D eigenvalue weighted by Gasteiger charge is -2.46. The minimum atomic E-state index is -3.04. The lowest BCUT2D eigenvalue weighted by molar-refractivity contribution is -0.123. The molecule has 1 aliphatic rings. The molecule has 0 spiro atoms. The molecule has 16 nitrogen and oxygen atoms in total. The number of nitrogens with zero attached hydrogens (tertiary/aromatic N) is 3. The number of carbonyl (C=O) groups is 2. The van der Waals surface area contributed by atoms with Crippen molar-refractivity contribution in [3.63, 3.8) is 0 Å². The first-order valence-electron chi connectivity index (χ1n) is 22.5. The molecule has 1 aromatic heterocycles. The molecule has 1 fully saturated rings. The third-order valence-corrected chi connectivity index (χ3v) is 18.2. The molecule has 1 aromatic rings. The first kappa shape index (κ1) is 55.3. The highest BCUT2D eigenvalue weighted by molar-refractivity contribution is 7.44. The molecule has 18 heteroatoms. The minimum Gasteiger partial charge on any atom is -0.394 e. The molecule has 62 heavy (non-hydrogen) atoms. The second kappa shape index (κ2) is 27.5. The number of nitrogens with one attached hydrogen (secondary N) is 3. The van der Waals surface area contributed by atoms with Crippen molar-refractivity contribution in [1.29, 1.82) is 5.26 Å². The third-order valence-electron chi connectivity index (χ3n) is 11.5. The first-order chi connectivity index (χ1) is 29.3. The molecule has 1 unspecified atom stereocenters. The quantitative estimate of drug-likeness (QED) is 0.0301. The minimum absolute atomic E-state index is 0.0647. The van der Waals surface area contributed by atoms with Gasteiger partial charge in [0, 0.05) is 67.5 Å². The SMILES string of the molecule is C=C(C)C(=O)NCCOCCOCCNC(=O)CCC(CC)(CC)O[Si](OC[C@H]1C[C@@H](n2cc(C)c(=O)[nH]c2=O)C[C@H]1OP(OCCC#N)N(C(C)C)C(C)C)(C(C)C)C(C)C. The van der Waals surface area contributed by atoms with Crippen molar-refractivity contribution in [2.75, 3.05) is 52.7 Å². The third kappa shape index (κ3) is 17.0. The van der Waals surface area contributed by atoms with Crippen molar-refractivity contribution in [1.82, 2.24) is 24.9 Å². The number of nitriles is 1. The monoisotopic (exact) mass is 911 g/mol. The number of rotatable bonds is 31. The molecule has 0 saturated heterocycles. The van der Waals surface area contributed by atoms with Crippen LogP contribution in [0.4, 0.5) is 0 Å². The fraction of sp³-hybridized carbons (Fsp3) is 0.795. The van der Waals surface area contributed by atoms with Crippen LogP contribution in [-0.2, 0) is 37.0 Å². The number of hydrogen-bond acceptors (Lipinski definition) is 12. The van der Waals surface area contributed by atoms with Gasteiger partial charge in [-0.25, -0.2) is 9.46 Å². The summed E-state index contributed by atoms with van der Waals surface area (Å²) in [6.45, 7) is 30.9. The molecule has 2 amide bonds. The van der Waals surface area contributed by atoms with E-state index in [2.05, 4.69) is 102 Å². The summed E-state index contributed by atoms with van der Waals surface area (Å²) in [6.07, 6.45) is 4.78. The number of aryl methyl sites for hydroxylation is 1. The predicted octanol–water partition coefficient (Wildman–Crippen LogP) is 6.93. The second-order valence-electron chi connectivity index (χ2n) is 17.5. The zero-order chi connectivity index (χ0) is 46.6. The Balaban J connectivity index is 2.24. The number of ether oxygens (including phenoxy) is 2. The van der Waals surface area contributed by atoms with E-state index in [4.69, 9.17) is 27.4 Å². The highest BCUT2D eigenvalue weighted by Gasteiger charge is 2.51. The maximum atomic E-state index is 13.2. The summed E-state index contributed by atoms with van der Waals surface area (Å²) in [5.41, 5.74) is -0.430. The van der Waals surface area contributed by atoms with Crippen molar-refractivity contribution in [2.24, 2.45) is 5.92 Å². The smallest absolute Gasteiger partial charge is 0.343 e. The van der Waals surface area contributed by atoms with E-state index in [1.54, 1.807) is 24.6 Å². The van der Waals surface area contributed by atoms with Gasteiger partial charge >= 0.3 is 14.3 Å². The van der Waals surface area contributed by atoms with Gasteiger partial charge in [0.05, 0.1) is 57.2 Å². The highest BCUT2D eigenvalue weighted by Crippen LogP contribution is 2.52. The fourth-order valence-electron chi connectivity index (χ4n) is 7.90. The number of carbonyl (C=O) groups excluding carboxylic acids is 2.